The van der Waals surface area contributed by atoms with Crippen LogP contribution in [0.3, 0.4) is 0 Å². The number of fused-ring (bicyclic) bond motifs is 1. The van der Waals surface area contributed by atoms with Crippen molar-refractivity contribution >= 4 is 23.3 Å². The van der Waals surface area contributed by atoms with Gasteiger partial charge in [0.15, 0.2) is 0 Å². The third kappa shape index (κ3) is 2.81. The van der Waals surface area contributed by atoms with Crippen molar-refractivity contribution in [3.63, 3.8) is 0 Å². The summed E-state index contributed by atoms with van der Waals surface area (Å²) in [5.41, 5.74) is 7.77. The first kappa shape index (κ1) is 16.6. The fourth-order valence-electron chi connectivity index (χ4n) is 3.96. The summed E-state index contributed by atoms with van der Waals surface area (Å²) in [5, 5.41) is 0. The van der Waals surface area contributed by atoms with Crippen LogP contribution in [0.2, 0.25) is 0 Å². The van der Waals surface area contributed by atoms with Crippen molar-refractivity contribution in [1.82, 2.24) is 4.98 Å². The van der Waals surface area contributed by atoms with E-state index in [1.807, 2.05) is 30.3 Å². The highest BCUT2D eigenvalue weighted by Crippen LogP contribution is 2.36. The quantitative estimate of drug-likeness (QED) is 0.921. The average molecular weight is 350 g/mol. The Morgan fingerprint density at radius 1 is 1.04 bits per heavy atom. The molecule has 0 saturated carbocycles. The van der Waals surface area contributed by atoms with Gasteiger partial charge in [-0.3, -0.25) is 9.59 Å². The van der Waals surface area contributed by atoms with Gasteiger partial charge in [-0.1, -0.05) is 18.2 Å². The number of anilines is 2. The highest BCUT2D eigenvalue weighted by atomic mass is 16.2. The Kier molecular flexibility index (Phi) is 4.32. The van der Waals surface area contributed by atoms with Crippen LogP contribution >= 0.6 is 0 Å². The number of primary amides is 1. The normalized spacial score (nSPS) is 19.3. The second kappa shape index (κ2) is 6.78. The van der Waals surface area contributed by atoms with Gasteiger partial charge < -0.3 is 15.5 Å². The Morgan fingerprint density at radius 3 is 2.58 bits per heavy atom. The SMILES string of the molecule is NC(=O)C1CCN(C(=O)c2cccnc2N2CCCC2)c2ccccc21. The summed E-state index contributed by atoms with van der Waals surface area (Å²) in [6, 6.07) is 11.2. The van der Waals surface area contributed by atoms with E-state index in [2.05, 4.69) is 9.88 Å². The van der Waals surface area contributed by atoms with Crippen molar-refractivity contribution in [2.24, 2.45) is 5.73 Å². The van der Waals surface area contributed by atoms with Crippen molar-refractivity contribution in [1.29, 1.82) is 0 Å². The molecule has 3 heterocycles. The molecule has 0 aliphatic carbocycles. The Bertz CT molecular complexity index is 845. The molecule has 0 spiro atoms. The number of hydrogen-bond donors (Lipinski definition) is 1. The molecular weight excluding hydrogens is 328 g/mol. The van der Waals surface area contributed by atoms with Crippen LogP contribution < -0.4 is 15.5 Å². The number of para-hydroxylation sites is 1. The summed E-state index contributed by atoms with van der Waals surface area (Å²) in [5.74, 6) is -0.00856. The molecule has 0 bridgehead atoms. The lowest BCUT2D eigenvalue weighted by atomic mass is 9.89. The number of benzene rings is 1. The van der Waals surface area contributed by atoms with E-state index in [1.165, 1.54) is 0 Å². The monoisotopic (exact) mass is 350 g/mol. The number of carbonyl (C=O) groups is 2. The topological polar surface area (TPSA) is 79.5 Å². The summed E-state index contributed by atoms with van der Waals surface area (Å²) < 4.78 is 0. The van der Waals surface area contributed by atoms with E-state index in [4.69, 9.17) is 5.73 Å². The molecule has 6 nitrogen and oxygen atoms in total. The number of pyridine rings is 1. The van der Waals surface area contributed by atoms with Crippen LogP contribution in [0.1, 0.15) is 41.1 Å². The van der Waals surface area contributed by atoms with E-state index in [0.29, 0.717) is 18.5 Å². The Balaban J connectivity index is 1.71. The third-order valence-corrected chi connectivity index (χ3v) is 5.26. The maximum absolute atomic E-state index is 13.4. The highest BCUT2D eigenvalue weighted by molar-refractivity contribution is 6.10. The maximum atomic E-state index is 13.4. The first-order valence-corrected chi connectivity index (χ1v) is 9.07. The predicted molar refractivity (Wildman–Crippen MR) is 100 cm³/mol. The van der Waals surface area contributed by atoms with Crippen molar-refractivity contribution in [2.45, 2.75) is 25.2 Å². The van der Waals surface area contributed by atoms with E-state index < -0.39 is 0 Å². The molecule has 1 unspecified atom stereocenters. The minimum atomic E-state index is -0.345. The molecule has 2 amide bonds. The molecule has 2 aromatic rings. The van der Waals surface area contributed by atoms with Gasteiger partial charge in [0.2, 0.25) is 5.91 Å². The van der Waals surface area contributed by atoms with Gasteiger partial charge in [-0.25, -0.2) is 4.98 Å². The molecule has 1 fully saturated rings. The predicted octanol–water partition coefficient (Wildman–Crippen LogP) is 2.30. The fourth-order valence-corrected chi connectivity index (χ4v) is 3.96. The lowest BCUT2D eigenvalue weighted by molar-refractivity contribution is -0.119. The second-order valence-electron chi connectivity index (χ2n) is 6.83. The molecule has 26 heavy (non-hydrogen) atoms. The standard InChI is InChI=1S/C20H22N4O2/c21-18(25)15-9-13-24(17-8-2-1-6-14(15)17)20(26)16-7-5-10-22-19(16)23-11-3-4-12-23/h1-2,5-8,10,15H,3-4,9,11-13H2,(H2,21,25). The van der Waals surface area contributed by atoms with Crippen LogP contribution in [0.15, 0.2) is 42.6 Å². The van der Waals surface area contributed by atoms with Crippen LogP contribution in [-0.4, -0.2) is 36.4 Å². The van der Waals surface area contributed by atoms with Crippen molar-refractivity contribution in [3.05, 3.63) is 53.7 Å². The van der Waals surface area contributed by atoms with Crippen LogP contribution in [0.4, 0.5) is 11.5 Å². The van der Waals surface area contributed by atoms with Crippen molar-refractivity contribution < 1.29 is 9.59 Å². The van der Waals surface area contributed by atoms with E-state index in [0.717, 1.165) is 43.0 Å². The smallest absolute Gasteiger partial charge is 0.262 e. The molecule has 0 radical (unpaired) electrons. The van der Waals surface area contributed by atoms with Gasteiger partial charge in [-0.2, -0.15) is 0 Å². The summed E-state index contributed by atoms with van der Waals surface area (Å²) in [6.07, 6.45) is 4.52. The van der Waals surface area contributed by atoms with Gasteiger partial charge in [0.1, 0.15) is 5.82 Å². The largest absolute Gasteiger partial charge is 0.369 e. The Labute approximate surface area is 152 Å². The number of nitrogens with two attached hydrogens (primary N) is 1. The number of hydrogen-bond acceptors (Lipinski definition) is 4. The molecular formula is C20H22N4O2. The van der Waals surface area contributed by atoms with Gasteiger partial charge in [0, 0.05) is 31.5 Å². The van der Waals surface area contributed by atoms with Gasteiger partial charge in [-0.05, 0) is 43.0 Å². The highest BCUT2D eigenvalue weighted by Gasteiger charge is 2.33. The number of carbonyl (C=O) groups excluding carboxylic acids is 2. The second-order valence-corrected chi connectivity index (χ2v) is 6.83. The van der Waals surface area contributed by atoms with Crippen LogP contribution in [0, 0.1) is 0 Å². The number of nitrogens with zero attached hydrogens (tertiary/aromatic N) is 3. The molecule has 6 heteroatoms. The summed E-state index contributed by atoms with van der Waals surface area (Å²) in [4.78, 5) is 33.6. The van der Waals surface area contributed by atoms with Gasteiger partial charge in [0.05, 0.1) is 11.5 Å². The van der Waals surface area contributed by atoms with Crippen molar-refractivity contribution in [2.75, 3.05) is 29.4 Å². The van der Waals surface area contributed by atoms with E-state index in [9.17, 15) is 9.59 Å². The summed E-state index contributed by atoms with van der Waals surface area (Å²) >= 11 is 0. The van der Waals surface area contributed by atoms with Gasteiger partial charge in [0.25, 0.3) is 5.91 Å². The van der Waals surface area contributed by atoms with E-state index >= 15 is 0 Å². The molecule has 1 aromatic heterocycles. The molecule has 1 saturated heterocycles. The zero-order chi connectivity index (χ0) is 18.1. The molecule has 2 aliphatic rings. The summed E-state index contributed by atoms with van der Waals surface area (Å²) in [6.45, 7) is 2.33. The minimum absolute atomic E-state index is 0.0737. The maximum Gasteiger partial charge on any atom is 0.262 e. The van der Waals surface area contributed by atoms with Crippen molar-refractivity contribution in [3.8, 4) is 0 Å². The van der Waals surface area contributed by atoms with Gasteiger partial charge >= 0.3 is 0 Å². The van der Waals surface area contributed by atoms with Crippen LogP contribution in [-0.2, 0) is 4.79 Å². The number of rotatable bonds is 3. The molecule has 2 N–H and O–H groups in total. The first-order valence-electron chi connectivity index (χ1n) is 9.07. The molecule has 134 valence electrons. The van der Waals surface area contributed by atoms with Crippen LogP contribution in [0.25, 0.3) is 0 Å². The number of amides is 2. The van der Waals surface area contributed by atoms with E-state index in [1.54, 1.807) is 17.2 Å². The molecule has 1 atom stereocenters. The zero-order valence-corrected chi connectivity index (χ0v) is 14.6. The molecule has 4 rings (SSSR count). The third-order valence-electron chi connectivity index (χ3n) is 5.26. The minimum Gasteiger partial charge on any atom is -0.369 e. The zero-order valence-electron chi connectivity index (χ0n) is 14.6. The lowest BCUT2D eigenvalue weighted by Crippen LogP contribution is -2.40. The lowest BCUT2D eigenvalue weighted by Gasteiger charge is -2.33. The fraction of sp³-hybridized carbons (Fsp3) is 0.350. The Morgan fingerprint density at radius 2 is 1.81 bits per heavy atom. The first-order chi connectivity index (χ1) is 12.7. The molecule has 1 aromatic carbocycles. The Hall–Kier alpha value is -2.89. The summed E-state index contributed by atoms with van der Waals surface area (Å²) in [7, 11) is 0. The van der Waals surface area contributed by atoms with Crippen LogP contribution in [0.5, 0.6) is 0 Å². The molecule has 2 aliphatic heterocycles. The number of aromatic nitrogens is 1. The average Bonchev–Trinajstić information content (AvgIpc) is 3.21. The van der Waals surface area contributed by atoms with E-state index in [-0.39, 0.29) is 17.7 Å². The van der Waals surface area contributed by atoms with Gasteiger partial charge in [-0.15, -0.1) is 0 Å².